The van der Waals surface area contributed by atoms with Gasteiger partial charge >= 0.3 is 5.69 Å². The Morgan fingerprint density at radius 3 is 2.47 bits per heavy atom. The third-order valence-electron chi connectivity index (χ3n) is 6.77. The van der Waals surface area contributed by atoms with Gasteiger partial charge in [-0.3, -0.25) is 18.7 Å². The van der Waals surface area contributed by atoms with Crippen LogP contribution in [0.2, 0.25) is 0 Å². The number of hydrogen-bond acceptors (Lipinski definition) is 4. The van der Waals surface area contributed by atoms with Gasteiger partial charge in [0.2, 0.25) is 5.91 Å². The third-order valence-corrected chi connectivity index (χ3v) is 8.08. The van der Waals surface area contributed by atoms with Gasteiger partial charge in [0.1, 0.15) is 11.4 Å². The maximum absolute atomic E-state index is 13.5. The summed E-state index contributed by atoms with van der Waals surface area (Å²) < 4.78 is 2.88. The first kappa shape index (κ1) is 21.2. The number of likely N-dealkylation sites (tertiary alicyclic amines) is 1. The van der Waals surface area contributed by atoms with Crippen LogP contribution in [0.1, 0.15) is 42.7 Å². The highest BCUT2D eigenvalue weighted by Crippen LogP contribution is 2.35. The predicted molar refractivity (Wildman–Crippen MR) is 127 cm³/mol. The van der Waals surface area contributed by atoms with E-state index in [1.165, 1.54) is 20.8 Å². The van der Waals surface area contributed by atoms with Crippen molar-refractivity contribution in [2.45, 2.75) is 52.6 Å². The third kappa shape index (κ3) is 3.72. The van der Waals surface area contributed by atoms with Crippen LogP contribution in [-0.2, 0) is 30.7 Å². The summed E-state index contributed by atoms with van der Waals surface area (Å²) >= 11 is 1.52. The zero-order valence-electron chi connectivity index (χ0n) is 18.7. The van der Waals surface area contributed by atoms with Crippen LogP contribution in [0.4, 0.5) is 0 Å². The second-order valence-electron chi connectivity index (χ2n) is 9.53. The first-order valence-corrected chi connectivity index (χ1v) is 12.3. The Balaban J connectivity index is 1.60. The molecule has 0 radical (unpaired) electrons. The van der Waals surface area contributed by atoms with E-state index in [9.17, 15) is 14.4 Å². The fourth-order valence-corrected chi connectivity index (χ4v) is 6.77. The SMILES string of the molecule is CC1CC(C)CN(C(=O)Cn2c(=O)n(Cc3ccccc3)c(=O)c3c4c(sc32)CCC4)C1. The summed E-state index contributed by atoms with van der Waals surface area (Å²) in [6.07, 6.45) is 3.96. The molecule has 3 aromatic rings. The molecule has 2 aliphatic rings. The molecule has 1 amide bonds. The average molecular weight is 452 g/mol. The normalized spacial score (nSPS) is 20.6. The number of piperidine rings is 1. The van der Waals surface area contributed by atoms with Crippen LogP contribution >= 0.6 is 11.3 Å². The van der Waals surface area contributed by atoms with Gasteiger partial charge in [-0.25, -0.2) is 4.79 Å². The molecular formula is C25H29N3O3S. The number of thiophene rings is 1. The fraction of sp³-hybridized carbons (Fsp3) is 0.480. The van der Waals surface area contributed by atoms with Crippen molar-refractivity contribution < 1.29 is 4.79 Å². The topological polar surface area (TPSA) is 64.3 Å². The summed E-state index contributed by atoms with van der Waals surface area (Å²) in [5.74, 6) is 0.874. The smallest absolute Gasteiger partial charge is 0.332 e. The number of fused-ring (bicyclic) bond motifs is 3. The predicted octanol–water partition coefficient (Wildman–Crippen LogP) is 3.27. The van der Waals surface area contributed by atoms with Gasteiger partial charge in [-0.15, -0.1) is 11.3 Å². The van der Waals surface area contributed by atoms with E-state index in [0.717, 1.165) is 49.9 Å². The molecule has 0 saturated carbocycles. The van der Waals surface area contributed by atoms with Crippen molar-refractivity contribution in [1.82, 2.24) is 14.0 Å². The lowest BCUT2D eigenvalue weighted by molar-refractivity contribution is -0.134. The molecule has 6 nitrogen and oxygen atoms in total. The Labute approximate surface area is 191 Å². The number of rotatable bonds is 4. The number of nitrogens with zero attached hydrogens (tertiary/aromatic N) is 3. The molecule has 2 unspecified atom stereocenters. The van der Waals surface area contributed by atoms with E-state index >= 15 is 0 Å². The summed E-state index contributed by atoms with van der Waals surface area (Å²) in [4.78, 5) is 44.0. The number of benzene rings is 1. The molecule has 1 aliphatic carbocycles. The van der Waals surface area contributed by atoms with Crippen LogP contribution in [0.25, 0.3) is 10.2 Å². The molecule has 2 aromatic heterocycles. The maximum atomic E-state index is 13.5. The molecule has 1 fully saturated rings. The van der Waals surface area contributed by atoms with Gasteiger partial charge in [0, 0.05) is 18.0 Å². The number of amides is 1. The van der Waals surface area contributed by atoms with E-state index in [1.807, 2.05) is 35.2 Å². The highest BCUT2D eigenvalue weighted by molar-refractivity contribution is 7.19. The molecular weight excluding hydrogens is 422 g/mol. The van der Waals surface area contributed by atoms with Crippen LogP contribution in [0, 0.1) is 11.8 Å². The molecule has 1 aliphatic heterocycles. The van der Waals surface area contributed by atoms with E-state index in [4.69, 9.17) is 0 Å². The molecule has 0 bridgehead atoms. The minimum atomic E-state index is -0.391. The Morgan fingerprint density at radius 1 is 1.03 bits per heavy atom. The molecule has 32 heavy (non-hydrogen) atoms. The molecule has 1 saturated heterocycles. The minimum Gasteiger partial charge on any atom is -0.341 e. The first-order chi connectivity index (χ1) is 15.4. The van der Waals surface area contributed by atoms with Gasteiger partial charge in [-0.1, -0.05) is 44.2 Å². The molecule has 5 rings (SSSR count). The van der Waals surface area contributed by atoms with Crippen molar-refractivity contribution in [3.63, 3.8) is 0 Å². The van der Waals surface area contributed by atoms with E-state index < -0.39 is 5.69 Å². The van der Waals surface area contributed by atoms with E-state index in [0.29, 0.717) is 22.1 Å². The molecule has 168 valence electrons. The number of carbonyl (C=O) groups is 1. The van der Waals surface area contributed by atoms with Gasteiger partial charge < -0.3 is 4.90 Å². The summed E-state index contributed by atoms with van der Waals surface area (Å²) in [6, 6.07) is 9.56. The van der Waals surface area contributed by atoms with Crippen LogP contribution in [-0.4, -0.2) is 33.0 Å². The number of aryl methyl sites for hydroxylation is 2. The molecule has 0 N–H and O–H groups in total. The summed E-state index contributed by atoms with van der Waals surface area (Å²) in [5.41, 5.74) is 1.36. The number of aromatic nitrogens is 2. The standard InChI is InChI=1S/C25H29N3O3S/c1-16-11-17(2)13-26(12-16)21(29)15-28-24-22(19-9-6-10-20(19)32-24)23(30)27(25(28)31)14-18-7-4-3-5-8-18/h3-5,7-8,16-17H,6,9-15H2,1-2H3. The quantitative estimate of drug-likeness (QED) is 0.612. The van der Waals surface area contributed by atoms with Crippen molar-refractivity contribution >= 4 is 27.5 Å². The second-order valence-corrected chi connectivity index (χ2v) is 10.6. The fourth-order valence-electron chi connectivity index (χ4n) is 5.40. The van der Waals surface area contributed by atoms with Crippen molar-refractivity contribution in [3.8, 4) is 0 Å². The van der Waals surface area contributed by atoms with Crippen molar-refractivity contribution in [2.24, 2.45) is 11.8 Å². The lowest BCUT2D eigenvalue weighted by Gasteiger charge is -2.35. The average Bonchev–Trinajstić information content (AvgIpc) is 3.35. The van der Waals surface area contributed by atoms with Gasteiger partial charge in [0.25, 0.3) is 5.56 Å². The maximum Gasteiger partial charge on any atom is 0.332 e. The van der Waals surface area contributed by atoms with Crippen molar-refractivity contribution in [1.29, 1.82) is 0 Å². The molecule has 2 atom stereocenters. The number of hydrogen-bond donors (Lipinski definition) is 0. The summed E-state index contributed by atoms with van der Waals surface area (Å²) in [6.45, 7) is 6.00. The molecule has 1 aromatic carbocycles. The number of carbonyl (C=O) groups excluding carboxylic acids is 1. The molecule has 3 heterocycles. The van der Waals surface area contributed by atoms with Gasteiger partial charge in [0.15, 0.2) is 0 Å². The lowest BCUT2D eigenvalue weighted by atomic mass is 9.92. The Morgan fingerprint density at radius 2 is 1.75 bits per heavy atom. The Bertz CT molecular complexity index is 1280. The van der Waals surface area contributed by atoms with Crippen LogP contribution < -0.4 is 11.2 Å². The first-order valence-electron chi connectivity index (χ1n) is 11.5. The minimum absolute atomic E-state index is 0.0107. The van der Waals surface area contributed by atoms with Gasteiger partial charge in [-0.2, -0.15) is 0 Å². The van der Waals surface area contributed by atoms with E-state index in [1.54, 1.807) is 4.57 Å². The van der Waals surface area contributed by atoms with E-state index in [-0.39, 0.29) is 24.6 Å². The highest BCUT2D eigenvalue weighted by Gasteiger charge is 2.29. The van der Waals surface area contributed by atoms with Gasteiger partial charge in [-0.05, 0) is 48.6 Å². The van der Waals surface area contributed by atoms with Crippen molar-refractivity contribution in [3.05, 3.63) is 67.2 Å². The zero-order chi connectivity index (χ0) is 22.4. The van der Waals surface area contributed by atoms with Crippen LogP contribution in [0.3, 0.4) is 0 Å². The lowest BCUT2D eigenvalue weighted by Crippen LogP contribution is -2.47. The molecule has 0 spiro atoms. The van der Waals surface area contributed by atoms with Crippen molar-refractivity contribution in [2.75, 3.05) is 13.1 Å². The second kappa shape index (κ2) is 8.35. The Kier molecular flexibility index (Phi) is 5.53. The summed E-state index contributed by atoms with van der Waals surface area (Å²) in [7, 11) is 0. The monoisotopic (exact) mass is 451 g/mol. The van der Waals surface area contributed by atoms with E-state index in [2.05, 4.69) is 13.8 Å². The highest BCUT2D eigenvalue weighted by atomic mass is 32.1. The van der Waals surface area contributed by atoms with Crippen LogP contribution in [0.5, 0.6) is 0 Å². The van der Waals surface area contributed by atoms with Gasteiger partial charge in [0.05, 0.1) is 11.9 Å². The Hall–Kier alpha value is -2.67. The summed E-state index contributed by atoms with van der Waals surface area (Å²) in [5, 5.41) is 0.645. The van der Waals surface area contributed by atoms with Crippen LogP contribution in [0.15, 0.2) is 39.9 Å². The zero-order valence-corrected chi connectivity index (χ0v) is 19.5. The largest absolute Gasteiger partial charge is 0.341 e. The molecule has 7 heteroatoms.